The second-order valence-corrected chi connectivity index (χ2v) is 8.22. The molecule has 1 amide bonds. The van der Waals surface area contributed by atoms with Gasteiger partial charge in [0.2, 0.25) is 15.9 Å². The summed E-state index contributed by atoms with van der Waals surface area (Å²) in [4.78, 5) is 26.4. The van der Waals surface area contributed by atoms with E-state index in [2.05, 4.69) is 4.72 Å². The van der Waals surface area contributed by atoms with Crippen molar-refractivity contribution in [3.8, 4) is 0 Å². The number of ketones is 1. The van der Waals surface area contributed by atoms with Gasteiger partial charge in [0.25, 0.3) is 0 Å². The minimum absolute atomic E-state index is 0.100. The van der Waals surface area contributed by atoms with E-state index in [0.29, 0.717) is 25.9 Å². The molecule has 0 spiro atoms. The zero-order valence-corrected chi connectivity index (χ0v) is 15.1. The Kier molecular flexibility index (Phi) is 5.45. The molecule has 7 heteroatoms. The molecule has 0 bridgehead atoms. The van der Waals surface area contributed by atoms with Crippen molar-refractivity contribution >= 4 is 21.7 Å². The fourth-order valence-corrected chi connectivity index (χ4v) is 4.10. The highest BCUT2D eigenvalue weighted by molar-refractivity contribution is 7.88. The molecule has 1 aliphatic rings. The Bertz CT molecular complexity index is 707. The van der Waals surface area contributed by atoms with Gasteiger partial charge in [-0.05, 0) is 32.3 Å². The third-order valence-corrected chi connectivity index (χ3v) is 5.47. The third kappa shape index (κ3) is 4.02. The van der Waals surface area contributed by atoms with Gasteiger partial charge in [-0.1, -0.05) is 30.3 Å². The number of nitrogens with one attached hydrogen (secondary N) is 1. The van der Waals surface area contributed by atoms with Crippen LogP contribution in [0.3, 0.4) is 0 Å². The first-order chi connectivity index (χ1) is 11.2. The number of hydrogen-bond acceptors (Lipinski definition) is 4. The van der Waals surface area contributed by atoms with Crippen molar-refractivity contribution in [1.82, 2.24) is 9.62 Å². The molecule has 132 valence electrons. The Morgan fingerprint density at radius 1 is 1.17 bits per heavy atom. The van der Waals surface area contributed by atoms with Gasteiger partial charge in [0.05, 0.1) is 17.7 Å². The standard InChI is InChI=1S/C17H24N2O4S/c1-13(18-24(3,22)23)16(21)19-11-9-17(10-12-19,14(2)20)15-7-5-4-6-8-15/h4-8,13,18H,9-12H2,1-3H3/t13-/m0/s1. The maximum absolute atomic E-state index is 12.4. The summed E-state index contributed by atoms with van der Waals surface area (Å²) in [5, 5.41) is 0. The lowest BCUT2D eigenvalue weighted by Gasteiger charge is -2.41. The quantitative estimate of drug-likeness (QED) is 0.859. The number of carbonyl (C=O) groups is 2. The first-order valence-corrected chi connectivity index (χ1v) is 9.87. The topological polar surface area (TPSA) is 83.6 Å². The molecule has 1 fully saturated rings. The van der Waals surface area contributed by atoms with Crippen molar-refractivity contribution in [2.75, 3.05) is 19.3 Å². The number of piperidine rings is 1. The average Bonchev–Trinajstić information content (AvgIpc) is 2.53. The molecule has 0 aromatic heterocycles. The van der Waals surface area contributed by atoms with E-state index in [1.54, 1.807) is 11.8 Å². The summed E-state index contributed by atoms with van der Waals surface area (Å²) < 4.78 is 24.9. The minimum atomic E-state index is -3.44. The second-order valence-electron chi connectivity index (χ2n) is 6.44. The lowest BCUT2D eigenvalue weighted by molar-refractivity contribution is -0.136. The molecular formula is C17H24N2O4S. The molecule has 1 saturated heterocycles. The van der Waals surface area contributed by atoms with Gasteiger partial charge in [-0.15, -0.1) is 0 Å². The van der Waals surface area contributed by atoms with Crippen LogP contribution >= 0.6 is 0 Å². The lowest BCUT2D eigenvalue weighted by Crippen LogP contribution is -2.53. The van der Waals surface area contributed by atoms with Crippen LogP contribution in [-0.4, -0.2) is 50.4 Å². The van der Waals surface area contributed by atoms with Crippen LogP contribution in [0.1, 0.15) is 32.3 Å². The number of nitrogens with zero attached hydrogens (tertiary/aromatic N) is 1. The minimum Gasteiger partial charge on any atom is -0.341 e. The van der Waals surface area contributed by atoms with Crippen molar-refractivity contribution < 1.29 is 18.0 Å². The molecule has 0 radical (unpaired) electrons. The first-order valence-electron chi connectivity index (χ1n) is 7.98. The highest BCUT2D eigenvalue weighted by atomic mass is 32.2. The SMILES string of the molecule is CC(=O)C1(c2ccccc2)CCN(C(=O)[C@H](C)NS(C)(=O)=O)CC1. The summed E-state index contributed by atoms with van der Waals surface area (Å²) in [6, 6.07) is 8.83. The third-order valence-electron chi connectivity index (χ3n) is 4.69. The van der Waals surface area contributed by atoms with E-state index in [9.17, 15) is 18.0 Å². The number of amides is 1. The first kappa shape index (κ1) is 18.6. The Labute approximate surface area is 143 Å². The van der Waals surface area contributed by atoms with E-state index in [4.69, 9.17) is 0 Å². The number of sulfonamides is 1. The van der Waals surface area contributed by atoms with E-state index >= 15 is 0 Å². The largest absolute Gasteiger partial charge is 0.341 e. The van der Waals surface area contributed by atoms with Gasteiger partial charge >= 0.3 is 0 Å². The molecule has 0 unspecified atom stereocenters. The average molecular weight is 352 g/mol. The summed E-state index contributed by atoms with van der Waals surface area (Å²) in [7, 11) is -3.44. The van der Waals surface area contributed by atoms with Crippen molar-refractivity contribution in [3.63, 3.8) is 0 Å². The van der Waals surface area contributed by atoms with E-state index in [0.717, 1.165) is 11.8 Å². The number of carbonyl (C=O) groups excluding carboxylic acids is 2. The van der Waals surface area contributed by atoms with E-state index in [1.807, 2.05) is 30.3 Å². The molecule has 1 aromatic rings. The molecule has 2 rings (SSSR count). The number of Topliss-reactive ketones (excluding diaryl/α,β-unsaturated/α-hetero) is 1. The van der Waals surface area contributed by atoms with Crippen LogP contribution in [0.25, 0.3) is 0 Å². The van der Waals surface area contributed by atoms with E-state index in [-0.39, 0.29) is 11.7 Å². The molecule has 6 nitrogen and oxygen atoms in total. The normalized spacial score (nSPS) is 18.9. The van der Waals surface area contributed by atoms with Crippen LogP contribution in [0, 0.1) is 0 Å². The van der Waals surface area contributed by atoms with Gasteiger partial charge in [0.15, 0.2) is 0 Å². The second kappa shape index (κ2) is 7.03. The Morgan fingerprint density at radius 2 is 1.71 bits per heavy atom. The summed E-state index contributed by atoms with van der Waals surface area (Å²) >= 11 is 0. The molecule has 1 atom stereocenters. The fraction of sp³-hybridized carbons (Fsp3) is 0.529. The zero-order valence-electron chi connectivity index (χ0n) is 14.3. The molecule has 24 heavy (non-hydrogen) atoms. The molecular weight excluding hydrogens is 328 g/mol. The number of benzene rings is 1. The Balaban J connectivity index is 2.11. The monoisotopic (exact) mass is 352 g/mol. The summed E-state index contributed by atoms with van der Waals surface area (Å²) in [5.41, 5.74) is 0.415. The summed E-state index contributed by atoms with van der Waals surface area (Å²) in [5.74, 6) is -0.159. The molecule has 1 heterocycles. The number of rotatable bonds is 5. The summed E-state index contributed by atoms with van der Waals surface area (Å²) in [6.45, 7) is 4.00. The Hall–Kier alpha value is -1.73. The van der Waals surface area contributed by atoms with Gasteiger partial charge < -0.3 is 4.90 Å². The maximum atomic E-state index is 12.4. The number of likely N-dealkylation sites (tertiary alicyclic amines) is 1. The Morgan fingerprint density at radius 3 is 2.17 bits per heavy atom. The molecule has 0 aliphatic carbocycles. The van der Waals surface area contributed by atoms with E-state index < -0.39 is 21.5 Å². The molecule has 0 saturated carbocycles. The predicted octanol–water partition coefficient (Wildman–Crippen LogP) is 1.07. The van der Waals surface area contributed by atoms with Crippen molar-refractivity contribution in [3.05, 3.63) is 35.9 Å². The van der Waals surface area contributed by atoms with Gasteiger partial charge in [-0.3, -0.25) is 9.59 Å². The van der Waals surface area contributed by atoms with Gasteiger partial charge in [-0.2, -0.15) is 0 Å². The van der Waals surface area contributed by atoms with Crippen LogP contribution in [0.4, 0.5) is 0 Å². The van der Waals surface area contributed by atoms with Crippen molar-refractivity contribution in [2.24, 2.45) is 0 Å². The number of hydrogen-bond donors (Lipinski definition) is 1. The molecule has 1 aliphatic heterocycles. The van der Waals surface area contributed by atoms with Crippen LogP contribution in [0.15, 0.2) is 30.3 Å². The van der Waals surface area contributed by atoms with Crippen LogP contribution < -0.4 is 4.72 Å². The highest BCUT2D eigenvalue weighted by Gasteiger charge is 2.41. The highest BCUT2D eigenvalue weighted by Crippen LogP contribution is 2.36. The zero-order chi connectivity index (χ0) is 18.0. The van der Waals surface area contributed by atoms with E-state index in [1.165, 1.54) is 6.92 Å². The van der Waals surface area contributed by atoms with Crippen molar-refractivity contribution in [2.45, 2.75) is 38.1 Å². The molecule has 1 aromatic carbocycles. The van der Waals surface area contributed by atoms with Gasteiger partial charge in [0.1, 0.15) is 5.78 Å². The maximum Gasteiger partial charge on any atom is 0.240 e. The fourth-order valence-electron chi connectivity index (χ4n) is 3.36. The lowest BCUT2D eigenvalue weighted by atomic mass is 9.70. The predicted molar refractivity (Wildman–Crippen MR) is 92.1 cm³/mol. The van der Waals surface area contributed by atoms with Crippen LogP contribution in [0.5, 0.6) is 0 Å². The van der Waals surface area contributed by atoms with Gasteiger partial charge in [-0.25, -0.2) is 13.1 Å². The van der Waals surface area contributed by atoms with Crippen LogP contribution in [0.2, 0.25) is 0 Å². The molecule has 1 N–H and O–H groups in total. The smallest absolute Gasteiger partial charge is 0.240 e. The van der Waals surface area contributed by atoms with Crippen molar-refractivity contribution in [1.29, 1.82) is 0 Å². The van der Waals surface area contributed by atoms with Crippen LogP contribution in [-0.2, 0) is 25.0 Å². The van der Waals surface area contributed by atoms with Gasteiger partial charge in [0, 0.05) is 13.1 Å². The summed E-state index contributed by atoms with van der Waals surface area (Å²) in [6.07, 6.45) is 2.12.